The summed E-state index contributed by atoms with van der Waals surface area (Å²) in [5, 5.41) is 14.7. The molecule has 0 radical (unpaired) electrons. The van der Waals surface area contributed by atoms with Gasteiger partial charge in [0.25, 0.3) is 0 Å². The van der Waals surface area contributed by atoms with Gasteiger partial charge in [0.1, 0.15) is 15.9 Å². The van der Waals surface area contributed by atoms with Crippen LogP contribution in [0.4, 0.5) is 0 Å². The van der Waals surface area contributed by atoms with Gasteiger partial charge in [0.2, 0.25) is 0 Å². The van der Waals surface area contributed by atoms with E-state index in [9.17, 15) is 13.5 Å². The topological polar surface area (TPSA) is 75.4 Å². The molecule has 118 valence electrons. The molecule has 0 unspecified atom stereocenters. The lowest BCUT2D eigenvalue weighted by Gasteiger charge is -2.18. The summed E-state index contributed by atoms with van der Waals surface area (Å²) in [5.41, 5.74) is 1.85. The van der Waals surface area contributed by atoms with E-state index in [0.29, 0.717) is 19.0 Å². The first-order valence-corrected chi connectivity index (χ1v) is 9.63. The highest BCUT2D eigenvalue weighted by molar-refractivity contribution is 7.90. The Morgan fingerprint density at radius 3 is 2.86 bits per heavy atom. The summed E-state index contributed by atoms with van der Waals surface area (Å²) in [6, 6.07) is 1.99. The van der Waals surface area contributed by atoms with Crippen LogP contribution < -0.4 is 0 Å². The van der Waals surface area contributed by atoms with Crippen molar-refractivity contribution in [2.45, 2.75) is 38.5 Å². The monoisotopic (exact) mass is 313 g/mol. The second-order valence-electron chi connectivity index (χ2n) is 6.33. The Kier molecular flexibility index (Phi) is 4.07. The van der Waals surface area contributed by atoms with Gasteiger partial charge in [0.05, 0.1) is 17.1 Å². The molecule has 0 spiro atoms. The normalized spacial score (nSPS) is 21.8. The lowest BCUT2D eigenvalue weighted by Crippen LogP contribution is -2.29. The Morgan fingerprint density at radius 2 is 2.19 bits per heavy atom. The maximum Gasteiger partial charge on any atom is 0.148 e. The van der Waals surface area contributed by atoms with Crippen molar-refractivity contribution in [1.82, 2.24) is 14.7 Å². The van der Waals surface area contributed by atoms with Gasteiger partial charge in [-0.25, -0.2) is 8.42 Å². The molecule has 1 aliphatic carbocycles. The quantitative estimate of drug-likeness (QED) is 0.860. The van der Waals surface area contributed by atoms with Crippen LogP contribution in [-0.4, -0.2) is 53.3 Å². The minimum atomic E-state index is -2.93. The number of sulfone groups is 1. The van der Waals surface area contributed by atoms with Crippen LogP contribution in [0.25, 0.3) is 0 Å². The van der Waals surface area contributed by atoms with Gasteiger partial charge < -0.3 is 5.11 Å². The van der Waals surface area contributed by atoms with E-state index < -0.39 is 15.9 Å². The lowest BCUT2D eigenvalue weighted by molar-refractivity contribution is 0.148. The first-order valence-electron chi connectivity index (χ1n) is 7.57. The minimum Gasteiger partial charge on any atom is -0.386 e. The molecule has 2 aliphatic rings. The average Bonchev–Trinajstić information content (AvgIpc) is 3.20. The predicted molar refractivity (Wildman–Crippen MR) is 79.5 cm³/mol. The van der Waals surface area contributed by atoms with E-state index in [1.54, 1.807) is 0 Å². The van der Waals surface area contributed by atoms with Crippen LogP contribution in [0.1, 0.15) is 36.8 Å². The molecule has 0 aromatic carbocycles. The van der Waals surface area contributed by atoms with Crippen molar-refractivity contribution in [2.75, 3.05) is 25.1 Å². The summed E-state index contributed by atoms with van der Waals surface area (Å²) in [4.78, 5) is 2.16. The second kappa shape index (κ2) is 5.70. The highest BCUT2D eigenvalue weighted by atomic mass is 32.2. The number of rotatable bonds is 5. The predicted octanol–water partition coefficient (Wildman–Crippen LogP) is 0.577. The maximum absolute atomic E-state index is 11.3. The van der Waals surface area contributed by atoms with E-state index in [2.05, 4.69) is 10.00 Å². The second-order valence-corrected chi connectivity index (χ2v) is 8.59. The van der Waals surface area contributed by atoms with E-state index in [-0.39, 0.29) is 5.75 Å². The highest BCUT2D eigenvalue weighted by Gasteiger charge is 2.33. The van der Waals surface area contributed by atoms with Gasteiger partial charge in [-0.15, -0.1) is 0 Å². The zero-order chi connectivity index (χ0) is 15.0. The van der Waals surface area contributed by atoms with Gasteiger partial charge in [-0.2, -0.15) is 5.10 Å². The molecular formula is C14H23N3O3S. The molecule has 7 heteroatoms. The summed E-state index contributed by atoms with van der Waals surface area (Å²) < 4.78 is 24.6. The summed E-state index contributed by atoms with van der Waals surface area (Å²) in [6.45, 7) is 2.99. The first-order chi connectivity index (χ1) is 9.92. The van der Waals surface area contributed by atoms with Crippen molar-refractivity contribution < 1.29 is 13.5 Å². The number of hydrogen-bond acceptors (Lipinski definition) is 5. The largest absolute Gasteiger partial charge is 0.386 e. The van der Waals surface area contributed by atoms with Crippen LogP contribution in [0.2, 0.25) is 0 Å². The van der Waals surface area contributed by atoms with E-state index in [0.717, 1.165) is 43.7 Å². The molecule has 1 N–H and O–H groups in total. The molecule has 3 rings (SSSR count). The third-order valence-corrected chi connectivity index (χ3v) is 5.19. The number of hydrogen-bond donors (Lipinski definition) is 1. The molecule has 0 saturated heterocycles. The molecule has 0 amide bonds. The summed E-state index contributed by atoms with van der Waals surface area (Å²) in [6.07, 6.45) is 3.97. The minimum absolute atomic E-state index is 0.193. The van der Waals surface area contributed by atoms with Crippen LogP contribution in [0.15, 0.2) is 6.07 Å². The van der Waals surface area contributed by atoms with E-state index >= 15 is 0 Å². The van der Waals surface area contributed by atoms with E-state index in [4.69, 9.17) is 0 Å². The Hall–Kier alpha value is -0.920. The number of aryl methyl sites for hydroxylation is 1. The van der Waals surface area contributed by atoms with Gasteiger partial charge in [-0.1, -0.05) is 0 Å². The van der Waals surface area contributed by atoms with Crippen molar-refractivity contribution in [3.63, 3.8) is 0 Å². The van der Waals surface area contributed by atoms with Gasteiger partial charge >= 0.3 is 0 Å². The Morgan fingerprint density at radius 1 is 1.43 bits per heavy atom. The fraction of sp³-hybridized carbons (Fsp3) is 0.786. The molecule has 2 heterocycles. The van der Waals surface area contributed by atoms with Gasteiger partial charge in [0.15, 0.2) is 0 Å². The first kappa shape index (κ1) is 15.0. The van der Waals surface area contributed by atoms with Gasteiger partial charge in [0, 0.05) is 32.4 Å². The number of aromatic nitrogens is 2. The maximum atomic E-state index is 11.3. The van der Waals surface area contributed by atoms with E-state index in [1.807, 2.05) is 10.7 Å². The number of aliphatic hydroxyl groups excluding tert-OH is 1. The van der Waals surface area contributed by atoms with Crippen LogP contribution >= 0.6 is 0 Å². The zero-order valence-electron chi connectivity index (χ0n) is 12.4. The van der Waals surface area contributed by atoms with Gasteiger partial charge in [-0.05, 0) is 31.2 Å². The standard InChI is InChI=1S/C14H23N3O3S/c1-21(19,20)8-7-16-5-2-6-17-12(10-16)9-13(15-17)14(18)11-3-4-11/h9,11,14,18H,2-8,10H2,1H3/t14-/m1/s1. The molecule has 0 bridgehead atoms. The smallest absolute Gasteiger partial charge is 0.148 e. The fourth-order valence-corrected chi connectivity index (χ4v) is 3.42. The molecule has 1 aliphatic heterocycles. The van der Waals surface area contributed by atoms with Crippen LogP contribution in [-0.2, 0) is 22.9 Å². The van der Waals surface area contributed by atoms with Crippen molar-refractivity contribution in [3.05, 3.63) is 17.5 Å². The highest BCUT2D eigenvalue weighted by Crippen LogP contribution is 2.40. The molecule has 1 aromatic heterocycles. The van der Waals surface area contributed by atoms with Crippen molar-refractivity contribution in [1.29, 1.82) is 0 Å². The summed E-state index contributed by atoms with van der Waals surface area (Å²) >= 11 is 0. The lowest BCUT2D eigenvalue weighted by atomic mass is 10.1. The van der Waals surface area contributed by atoms with Crippen molar-refractivity contribution in [2.24, 2.45) is 5.92 Å². The summed E-state index contributed by atoms with van der Waals surface area (Å²) in [7, 11) is -2.93. The summed E-state index contributed by atoms with van der Waals surface area (Å²) in [5.74, 6) is 0.573. The van der Waals surface area contributed by atoms with Crippen molar-refractivity contribution >= 4 is 9.84 Å². The molecule has 1 fully saturated rings. The molecule has 1 saturated carbocycles. The van der Waals surface area contributed by atoms with Crippen LogP contribution in [0.3, 0.4) is 0 Å². The Labute approximate surface area is 125 Å². The number of nitrogens with zero attached hydrogens (tertiary/aromatic N) is 3. The van der Waals surface area contributed by atoms with Crippen LogP contribution in [0, 0.1) is 5.92 Å². The third kappa shape index (κ3) is 3.84. The number of aliphatic hydroxyl groups is 1. The molecule has 21 heavy (non-hydrogen) atoms. The Bertz CT molecular complexity index is 607. The van der Waals surface area contributed by atoms with Gasteiger partial charge in [-0.3, -0.25) is 9.58 Å². The average molecular weight is 313 g/mol. The molecule has 6 nitrogen and oxygen atoms in total. The zero-order valence-corrected chi connectivity index (χ0v) is 13.2. The van der Waals surface area contributed by atoms with Crippen molar-refractivity contribution in [3.8, 4) is 0 Å². The Balaban J connectivity index is 1.69. The fourth-order valence-electron chi connectivity index (χ4n) is 2.83. The van der Waals surface area contributed by atoms with E-state index in [1.165, 1.54) is 6.26 Å². The number of fused-ring (bicyclic) bond motifs is 1. The third-order valence-electron chi connectivity index (χ3n) is 4.26. The molecule has 1 aromatic rings. The molecular weight excluding hydrogens is 290 g/mol. The SMILES string of the molecule is CS(=O)(=O)CCN1CCCn2nc([C@H](O)C3CC3)cc2C1. The van der Waals surface area contributed by atoms with Crippen LogP contribution in [0.5, 0.6) is 0 Å². The molecule has 1 atom stereocenters.